The largest absolute Gasteiger partial charge is 0.481 e. The average molecular weight is 197 g/mol. The van der Waals surface area contributed by atoms with E-state index in [1.165, 1.54) is 0 Å². The number of alkyl halides is 2. The van der Waals surface area contributed by atoms with E-state index in [2.05, 4.69) is 0 Å². The second-order valence-corrected chi connectivity index (χ2v) is 3.90. The van der Waals surface area contributed by atoms with E-state index in [-0.39, 0.29) is 5.38 Å². The average Bonchev–Trinajstić information content (AvgIpc) is 1.94. The number of carboxylic acids is 1. The van der Waals surface area contributed by atoms with E-state index in [1.54, 1.807) is 0 Å². The van der Waals surface area contributed by atoms with Gasteiger partial charge in [-0.3, -0.25) is 4.79 Å². The standard InChI is InChI=1S/C7H10Cl2O2/c8-5-3-1-2-4(6(5)9)7(10)11/h4-6H,1-3H2,(H,10,11). The zero-order valence-corrected chi connectivity index (χ0v) is 7.48. The fourth-order valence-corrected chi connectivity index (χ4v) is 2.05. The molecule has 0 amide bonds. The van der Waals surface area contributed by atoms with Gasteiger partial charge in [-0.2, -0.15) is 0 Å². The van der Waals surface area contributed by atoms with Crippen LogP contribution < -0.4 is 0 Å². The summed E-state index contributed by atoms with van der Waals surface area (Å²) in [7, 11) is 0. The summed E-state index contributed by atoms with van der Waals surface area (Å²) in [6, 6.07) is 0. The molecule has 4 heteroatoms. The normalized spacial score (nSPS) is 38.5. The van der Waals surface area contributed by atoms with Crippen LogP contribution in [0.4, 0.5) is 0 Å². The molecule has 2 nitrogen and oxygen atoms in total. The Morgan fingerprint density at radius 3 is 2.45 bits per heavy atom. The van der Waals surface area contributed by atoms with Crippen molar-refractivity contribution in [3.8, 4) is 0 Å². The molecule has 0 radical (unpaired) electrons. The maximum absolute atomic E-state index is 10.6. The van der Waals surface area contributed by atoms with Crippen molar-refractivity contribution >= 4 is 29.2 Å². The molecule has 1 aliphatic rings. The topological polar surface area (TPSA) is 37.3 Å². The van der Waals surface area contributed by atoms with Crippen molar-refractivity contribution in [1.29, 1.82) is 0 Å². The first-order valence-corrected chi connectivity index (χ1v) is 4.51. The molecule has 1 N–H and O–H groups in total. The fraction of sp³-hybridized carbons (Fsp3) is 0.857. The second kappa shape index (κ2) is 3.63. The van der Waals surface area contributed by atoms with Crippen LogP contribution in [0.15, 0.2) is 0 Å². The van der Waals surface area contributed by atoms with Gasteiger partial charge in [0.15, 0.2) is 0 Å². The van der Waals surface area contributed by atoms with E-state index in [1.807, 2.05) is 0 Å². The molecule has 1 saturated carbocycles. The molecular formula is C7H10Cl2O2. The Kier molecular flexibility index (Phi) is 3.02. The number of carboxylic acid groups (broad SMARTS) is 1. The van der Waals surface area contributed by atoms with Crippen molar-refractivity contribution in [3.05, 3.63) is 0 Å². The van der Waals surface area contributed by atoms with E-state index in [0.717, 1.165) is 12.8 Å². The minimum Gasteiger partial charge on any atom is -0.481 e. The number of hydrogen-bond donors (Lipinski definition) is 1. The van der Waals surface area contributed by atoms with E-state index in [0.29, 0.717) is 6.42 Å². The molecule has 1 rings (SSSR count). The van der Waals surface area contributed by atoms with Gasteiger partial charge in [-0.15, -0.1) is 23.2 Å². The first-order valence-electron chi connectivity index (χ1n) is 3.64. The lowest BCUT2D eigenvalue weighted by Crippen LogP contribution is -2.34. The van der Waals surface area contributed by atoms with Gasteiger partial charge in [-0.1, -0.05) is 6.42 Å². The van der Waals surface area contributed by atoms with Gasteiger partial charge in [-0.25, -0.2) is 0 Å². The third-order valence-corrected chi connectivity index (χ3v) is 3.27. The van der Waals surface area contributed by atoms with Gasteiger partial charge in [0, 0.05) is 0 Å². The zero-order chi connectivity index (χ0) is 8.43. The zero-order valence-electron chi connectivity index (χ0n) is 5.96. The fourth-order valence-electron chi connectivity index (χ4n) is 1.36. The highest BCUT2D eigenvalue weighted by atomic mass is 35.5. The Hall–Kier alpha value is 0.0500. The SMILES string of the molecule is O=C(O)C1CCCC(Cl)C1Cl. The first kappa shape index (κ1) is 9.14. The Morgan fingerprint density at radius 1 is 1.36 bits per heavy atom. The maximum Gasteiger partial charge on any atom is 0.308 e. The van der Waals surface area contributed by atoms with E-state index >= 15 is 0 Å². The summed E-state index contributed by atoms with van der Waals surface area (Å²) in [5, 5.41) is 8.11. The molecule has 1 aliphatic carbocycles. The quantitative estimate of drug-likeness (QED) is 0.653. The molecule has 11 heavy (non-hydrogen) atoms. The molecule has 0 aromatic heterocycles. The molecular weight excluding hydrogens is 187 g/mol. The molecule has 3 unspecified atom stereocenters. The predicted molar refractivity (Wildman–Crippen MR) is 44.3 cm³/mol. The van der Waals surface area contributed by atoms with Crippen LogP contribution >= 0.6 is 23.2 Å². The number of aliphatic carboxylic acids is 1. The Morgan fingerprint density at radius 2 is 2.00 bits per heavy atom. The first-order chi connectivity index (χ1) is 5.13. The van der Waals surface area contributed by atoms with Gasteiger partial charge in [0.25, 0.3) is 0 Å². The Balaban J connectivity index is 2.58. The maximum atomic E-state index is 10.6. The van der Waals surface area contributed by atoms with E-state index < -0.39 is 17.3 Å². The molecule has 0 saturated heterocycles. The monoisotopic (exact) mass is 196 g/mol. The van der Waals surface area contributed by atoms with Crippen LogP contribution in [-0.4, -0.2) is 21.8 Å². The van der Waals surface area contributed by atoms with E-state index in [9.17, 15) is 4.79 Å². The highest BCUT2D eigenvalue weighted by Crippen LogP contribution is 2.32. The van der Waals surface area contributed by atoms with Crippen molar-refractivity contribution in [2.75, 3.05) is 0 Å². The molecule has 0 bridgehead atoms. The summed E-state index contributed by atoms with van der Waals surface area (Å²) in [5.74, 6) is -1.27. The number of halogens is 2. The number of rotatable bonds is 1. The lowest BCUT2D eigenvalue weighted by molar-refractivity contribution is -0.142. The highest BCUT2D eigenvalue weighted by molar-refractivity contribution is 6.30. The van der Waals surface area contributed by atoms with Crippen molar-refractivity contribution in [2.45, 2.75) is 30.0 Å². The van der Waals surface area contributed by atoms with Gasteiger partial charge in [-0.05, 0) is 12.8 Å². The second-order valence-electron chi connectivity index (χ2n) is 2.84. The summed E-state index contributed by atoms with van der Waals surface area (Å²) in [6.45, 7) is 0. The molecule has 64 valence electrons. The predicted octanol–water partition coefficient (Wildman–Crippen LogP) is 2.09. The smallest absolute Gasteiger partial charge is 0.308 e. The molecule has 0 heterocycles. The summed E-state index contributed by atoms with van der Waals surface area (Å²) in [4.78, 5) is 10.6. The molecule has 1 fully saturated rings. The van der Waals surface area contributed by atoms with Crippen molar-refractivity contribution in [2.24, 2.45) is 5.92 Å². The van der Waals surface area contributed by atoms with Crippen LogP contribution in [0.1, 0.15) is 19.3 Å². The van der Waals surface area contributed by atoms with E-state index in [4.69, 9.17) is 28.3 Å². The van der Waals surface area contributed by atoms with Crippen molar-refractivity contribution < 1.29 is 9.90 Å². The molecule has 3 atom stereocenters. The molecule has 0 spiro atoms. The van der Waals surface area contributed by atoms with Crippen molar-refractivity contribution in [3.63, 3.8) is 0 Å². The van der Waals surface area contributed by atoms with Crippen molar-refractivity contribution in [1.82, 2.24) is 0 Å². The lowest BCUT2D eigenvalue weighted by Gasteiger charge is -2.27. The number of carbonyl (C=O) groups is 1. The van der Waals surface area contributed by atoms with Crippen LogP contribution in [0.3, 0.4) is 0 Å². The Bertz CT molecular complexity index is 161. The van der Waals surface area contributed by atoms with Gasteiger partial charge in [0.05, 0.1) is 16.7 Å². The van der Waals surface area contributed by atoms with Crippen LogP contribution in [0.25, 0.3) is 0 Å². The Labute approximate surface area is 75.5 Å². The van der Waals surface area contributed by atoms with Crippen LogP contribution in [0.2, 0.25) is 0 Å². The van der Waals surface area contributed by atoms with Gasteiger partial charge in [0.1, 0.15) is 0 Å². The van der Waals surface area contributed by atoms with Gasteiger partial charge >= 0.3 is 5.97 Å². The lowest BCUT2D eigenvalue weighted by atomic mass is 9.88. The minimum atomic E-state index is -0.824. The molecule has 0 aromatic rings. The summed E-state index contributed by atoms with van der Waals surface area (Å²) in [5.41, 5.74) is 0. The van der Waals surface area contributed by atoms with Crippen LogP contribution in [0.5, 0.6) is 0 Å². The summed E-state index contributed by atoms with van der Waals surface area (Å²) in [6.07, 6.45) is 2.36. The summed E-state index contributed by atoms with van der Waals surface area (Å²) >= 11 is 11.6. The highest BCUT2D eigenvalue weighted by Gasteiger charge is 2.34. The third-order valence-electron chi connectivity index (χ3n) is 2.04. The van der Waals surface area contributed by atoms with Gasteiger partial charge in [0.2, 0.25) is 0 Å². The minimum absolute atomic E-state index is 0.175. The number of hydrogen-bond acceptors (Lipinski definition) is 1. The molecule has 0 aliphatic heterocycles. The van der Waals surface area contributed by atoms with Gasteiger partial charge < -0.3 is 5.11 Å². The third kappa shape index (κ3) is 2.00. The van der Waals surface area contributed by atoms with Crippen LogP contribution in [0, 0.1) is 5.92 Å². The summed E-state index contributed by atoms with van der Waals surface area (Å²) < 4.78 is 0. The van der Waals surface area contributed by atoms with Crippen LogP contribution in [-0.2, 0) is 4.79 Å². The molecule has 0 aromatic carbocycles.